The Bertz CT molecular complexity index is 275. The van der Waals surface area contributed by atoms with Gasteiger partial charge in [0.15, 0.2) is 5.82 Å². The van der Waals surface area contributed by atoms with Crippen LogP contribution in [0.1, 0.15) is 26.1 Å². The van der Waals surface area contributed by atoms with Gasteiger partial charge in [-0.3, -0.25) is 4.90 Å². The van der Waals surface area contributed by atoms with E-state index in [1.807, 2.05) is 4.68 Å². The van der Waals surface area contributed by atoms with Crippen molar-refractivity contribution in [3.05, 3.63) is 5.82 Å². The molecule has 0 saturated carbocycles. The summed E-state index contributed by atoms with van der Waals surface area (Å²) in [7, 11) is 0. The molecule has 1 aromatic heterocycles. The van der Waals surface area contributed by atoms with Gasteiger partial charge in [0.2, 0.25) is 0 Å². The lowest BCUT2D eigenvalue weighted by atomic mass is 10.4. The number of likely N-dealkylation sites (N-methyl/N-ethyl adjacent to an activating group) is 1. The van der Waals surface area contributed by atoms with Gasteiger partial charge >= 0.3 is 0 Å². The monoisotopic (exact) mass is 213 g/mol. The molecular weight excluding hydrogens is 194 g/mol. The summed E-state index contributed by atoms with van der Waals surface area (Å²) in [5.74, 6) is 0.868. The smallest absolute Gasteiger partial charge is 0.165 e. The van der Waals surface area contributed by atoms with E-state index in [1.54, 1.807) is 0 Å². The molecular formula is C9H19N5O. The molecule has 0 aromatic carbocycles. The minimum absolute atomic E-state index is 0.170. The molecule has 6 nitrogen and oxygen atoms in total. The van der Waals surface area contributed by atoms with Crippen LogP contribution in [-0.4, -0.2) is 49.9 Å². The molecule has 0 atom stereocenters. The van der Waals surface area contributed by atoms with Crippen molar-refractivity contribution in [2.45, 2.75) is 33.4 Å². The Labute approximate surface area is 89.9 Å². The van der Waals surface area contributed by atoms with Gasteiger partial charge < -0.3 is 5.11 Å². The second kappa shape index (κ2) is 6.47. The minimum Gasteiger partial charge on any atom is -0.395 e. The molecule has 0 bridgehead atoms. The first-order valence-corrected chi connectivity index (χ1v) is 5.40. The van der Waals surface area contributed by atoms with Crippen LogP contribution in [0.3, 0.4) is 0 Å². The van der Waals surface area contributed by atoms with Gasteiger partial charge in [-0.25, -0.2) is 4.68 Å². The average Bonchev–Trinajstić information content (AvgIpc) is 2.66. The van der Waals surface area contributed by atoms with Crippen molar-refractivity contribution >= 4 is 0 Å². The predicted octanol–water partition coefficient (Wildman–Crippen LogP) is -0.103. The maximum Gasteiger partial charge on any atom is 0.165 e. The number of aromatic nitrogens is 4. The van der Waals surface area contributed by atoms with E-state index < -0.39 is 0 Å². The van der Waals surface area contributed by atoms with Gasteiger partial charge in [-0.2, -0.15) is 0 Å². The van der Waals surface area contributed by atoms with E-state index in [4.69, 9.17) is 5.11 Å². The van der Waals surface area contributed by atoms with Gasteiger partial charge in [0.25, 0.3) is 0 Å². The van der Waals surface area contributed by atoms with Gasteiger partial charge in [0, 0.05) is 13.1 Å². The quantitative estimate of drug-likeness (QED) is 0.685. The third kappa shape index (κ3) is 3.56. The topological polar surface area (TPSA) is 67.1 Å². The molecule has 1 N–H and O–H groups in total. The van der Waals surface area contributed by atoms with Crippen LogP contribution in [0.4, 0.5) is 0 Å². The van der Waals surface area contributed by atoms with Crippen LogP contribution in [0.15, 0.2) is 0 Å². The SMILES string of the molecule is CCCn1nnnc1CN(CC)CCO. The van der Waals surface area contributed by atoms with Gasteiger partial charge in [-0.05, 0) is 23.4 Å². The molecule has 6 heteroatoms. The highest BCUT2D eigenvalue weighted by Crippen LogP contribution is 2.00. The van der Waals surface area contributed by atoms with E-state index in [9.17, 15) is 0 Å². The molecule has 0 unspecified atom stereocenters. The minimum atomic E-state index is 0.170. The average molecular weight is 213 g/mol. The Kier molecular flexibility index (Phi) is 5.20. The highest BCUT2D eigenvalue weighted by atomic mass is 16.3. The van der Waals surface area contributed by atoms with Crippen molar-refractivity contribution in [2.75, 3.05) is 19.7 Å². The summed E-state index contributed by atoms with van der Waals surface area (Å²) in [4.78, 5) is 2.11. The maximum atomic E-state index is 8.87. The number of rotatable bonds is 7. The molecule has 0 aliphatic carbocycles. The first kappa shape index (κ1) is 12.1. The second-order valence-electron chi connectivity index (χ2n) is 3.41. The van der Waals surface area contributed by atoms with Crippen molar-refractivity contribution in [2.24, 2.45) is 0 Å². The summed E-state index contributed by atoms with van der Waals surface area (Å²) >= 11 is 0. The van der Waals surface area contributed by atoms with Crippen LogP contribution in [0, 0.1) is 0 Å². The van der Waals surface area contributed by atoms with Crippen molar-refractivity contribution in [3.8, 4) is 0 Å². The molecule has 86 valence electrons. The van der Waals surface area contributed by atoms with Gasteiger partial charge in [0.05, 0.1) is 13.2 Å². The molecule has 0 aliphatic heterocycles. The Balaban J connectivity index is 2.57. The molecule has 0 aliphatic rings. The van der Waals surface area contributed by atoms with Crippen LogP contribution < -0.4 is 0 Å². The normalized spacial score (nSPS) is 11.2. The molecule has 1 rings (SSSR count). The summed E-state index contributed by atoms with van der Waals surface area (Å²) in [6, 6.07) is 0. The van der Waals surface area contributed by atoms with E-state index in [2.05, 4.69) is 34.3 Å². The number of aryl methyl sites for hydroxylation is 1. The Hall–Kier alpha value is -1.01. The maximum absolute atomic E-state index is 8.87. The number of hydrogen-bond acceptors (Lipinski definition) is 5. The molecule has 1 heterocycles. The van der Waals surface area contributed by atoms with Crippen LogP contribution in [-0.2, 0) is 13.1 Å². The summed E-state index contributed by atoms with van der Waals surface area (Å²) in [6.07, 6.45) is 1.02. The van der Waals surface area contributed by atoms with Crippen molar-refractivity contribution in [3.63, 3.8) is 0 Å². The Morgan fingerprint density at radius 1 is 1.40 bits per heavy atom. The zero-order valence-electron chi connectivity index (χ0n) is 9.43. The van der Waals surface area contributed by atoms with Crippen molar-refractivity contribution < 1.29 is 5.11 Å². The zero-order chi connectivity index (χ0) is 11.1. The van der Waals surface area contributed by atoms with Crippen LogP contribution in [0.5, 0.6) is 0 Å². The van der Waals surface area contributed by atoms with Gasteiger partial charge in [-0.15, -0.1) is 5.10 Å². The fourth-order valence-electron chi connectivity index (χ4n) is 1.41. The van der Waals surface area contributed by atoms with E-state index in [1.165, 1.54) is 0 Å². The molecule has 0 saturated heterocycles. The molecule has 0 fully saturated rings. The highest BCUT2D eigenvalue weighted by molar-refractivity contribution is 4.80. The number of nitrogens with zero attached hydrogens (tertiary/aromatic N) is 5. The third-order valence-electron chi connectivity index (χ3n) is 2.27. The lowest BCUT2D eigenvalue weighted by Crippen LogP contribution is -2.27. The number of tetrazole rings is 1. The number of hydrogen-bond donors (Lipinski definition) is 1. The standard InChI is InChI=1S/C9H19N5O/c1-3-5-14-9(10-11-12-14)8-13(4-2)6-7-15/h15H,3-8H2,1-2H3. The fourth-order valence-corrected chi connectivity index (χ4v) is 1.41. The Morgan fingerprint density at radius 3 is 2.80 bits per heavy atom. The van der Waals surface area contributed by atoms with Crippen molar-refractivity contribution in [1.82, 2.24) is 25.1 Å². The van der Waals surface area contributed by atoms with E-state index in [0.29, 0.717) is 13.1 Å². The van der Waals surface area contributed by atoms with Crippen LogP contribution in [0.25, 0.3) is 0 Å². The first-order valence-electron chi connectivity index (χ1n) is 5.40. The van der Waals surface area contributed by atoms with Crippen LogP contribution >= 0.6 is 0 Å². The third-order valence-corrected chi connectivity index (χ3v) is 2.27. The van der Waals surface area contributed by atoms with E-state index in [-0.39, 0.29) is 6.61 Å². The number of aliphatic hydroxyl groups is 1. The van der Waals surface area contributed by atoms with Gasteiger partial charge in [-0.1, -0.05) is 13.8 Å². The highest BCUT2D eigenvalue weighted by Gasteiger charge is 2.09. The van der Waals surface area contributed by atoms with Crippen molar-refractivity contribution in [1.29, 1.82) is 0 Å². The lowest BCUT2D eigenvalue weighted by Gasteiger charge is -2.17. The Morgan fingerprint density at radius 2 is 2.20 bits per heavy atom. The molecule has 1 aromatic rings. The largest absolute Gasteiger partial charge is 0.395 e. The second-order valence-corrected chi connectivity index (χ2v) is 3.41. The van der Waals surface area contributed by atoms with Crippen LogP contribution in [0.2, 0.25) is 0 Å². The fraction of sp³-hybridized carbons (Fsp3) is 0.889. The molecule has 0 spiro atoms. The lowest BCUT2D eigenvalue weighted by molar-refractivity contribution is 0.191. The molecule has 15 heavy (non-hydrogen) atoms. The summed E-state index contributed by atoms with van der Waals surface area (Å²) in [5, 5.41) is 20.4. The molecule has 0 amide bonds. The van der Waals surface area contributed by atoms with Gasteiger partial charge in [0.1, 0.15) is 0 Å². The summed E-state index contributed by atoms with van der Waals surface area (Å²) in [5.41, 5.74) is 0. The predicted molar refractivity (Wildman–Crippen MR) is 56.1 cm³/mol. The van der Waals surface area contributed by atoms with E-state index in [0.717, 1.165) is 25.3 Å². The zero-order valence-corrected chi connectivity index (χ0v) is 9.43. The molecule has 0 radical (unpaired) electrons. The summed E-state index contributed by atoms with van der Waals surface area (Å²) < 4.78 is 1.82. The summed E-state index contributed by atoms with van der Waals surface area (Å²) in [6.45, 7) is 7.42. The number of aliphatic hydroxyl groups excluding tert-OH is 1. The first-order chi connectivity index (χ1) is 7.31. The van der Waals surface area contributed by atoms with E-state index >= 15 is 0 Å².